The Morgan fingerprint density at radius 2 is 2.10 bits per heavy atom. The van der Waals surface area contributed by atoms with Gasteiger partial charge in [-0.25, -0.2) is 4.98 Å². The van der Waals surface area contributed by atoms with Crippen LogP contribution in [0.2, 0.25) is 0 Å². The van der Waals surface area contributed by atoms with Gasteiger partial charge in [-0.3, -0.25) is 0 Å². The van der Waals surface area contributed by atoms with E-state index in [1.54, 1.807) is 11.3 Å². The average molecular weight is 363 g/mol. The molecule has 3 aromatic rings. The van der Waals surface area contributed by atoms with Gasteiger partial charge >= 0.3 is 0 Å². The van der Waals surface area contributed by atoms with E-state index < -0.39 is 0 Å². The summed E-state index contributed by atoms with van der Waals surface area (Å²) in [6.07, 6.45) is 0. The number of nitrogens with zero attached hydrogens (tertiary/aromatic N) is 2. The zero-order valence-electron chi connectivity index (χ0n) is 11.6. The number of aromatic nitrogens is 1. The number of pyridine rings is 1. The molecule has 108 valence electrons. The maximum atomic E-state index is 9.41. The van der Waals surface area contributed by atoms with E-state index in [0.717, 1.165) is 27.6 Å². The Kier molecular flexibility index (Phi) is 4.24. The number of benzene rings is 1. The SMILES string of the molecule is CN(Cc1cc(Br)cs1)c1nc(CO)cc2ccccc12. The first-order chi connectivity index (χ1) is 10.2. The number of hydrogen-bond acceptors (Lipinski definition) is 4. The molecule has 2 aromatic heterocycles. The number of thiophene rings is 1. The van der Waals surface area contributed by atoms with Crippen LogP contribution in [0, 0.1) is 0 Å². The van der Waals surface area contributed by atoms with Crippen molar-refractivity contribution in [2.75, 3.05) is 11.9 Å². The van der Waals surface area contributed by atoms with Crippen molar-refractivity contribution in [1.82, 2.24) is 4.98 Å². The summed E-state index contributed by atoms with van der Waals surface area (Å²) in [6.45, 7) is 0.748. The second-order valence-corrected chi connectivity index (χ2v) is 6.82. The fraction of sp³-hybridized carbons (Fsp3) is 0.188. The van der Waals surface area contributed by atoms with E-state index in [1.165, 1.54) is 4.88 Å². The van der Waals surface area contributed by atoms with Crippen LogP contribution < -0.4 is 4.90 Å². The molecule has 1 N–H and O–H groups in total. The van der Waals surface area contributed by atoms with Crippen molar-refractivity contribution >= 4 is 43.9 Å². The smallest absolute Gasteiger partial charge is 0.136 e. The standard InChI is InChI=1S/C16H15BrN2OS/c1-19(8-14-7-12(17)10-21-14)16-15-5-3-2-4-11(15)6-13(9-20)18-16/h2-7,10,20H,8-9H2,1H3. The first-order valence-electron chi connectivity index (χ1n) is 6.61. The monoisotopic (exact) mass is 362 g/mol. The topological polar surface area (TPSA) is 36.4 Å². The maximum absolute atomic E-state index is 9.41. The van der Waals surface area contributed by atoms with Crippen LogP contribution in [0.4, 0.5) is 5.82 Å². The second-order valence-electron chi connectivity index (χ2n) is 4.90. The molecule has 0 bridgehead atoms. The van der Waals surface area contributed by atoms with Crippen molar-refractivity contribution in [3.63, 3.8) is 0 Å². The third-order valence-electron chi connectivity index (χ3n) is 3.31. The molecule has 0 unspecified atom stereocenters. The molecule has 0 radical (unpaired) electrons. The van der Waals surface area contributed by atoms with E-state index in [1.807, 2.05) is 25.2 Å². The van der Waals surface area contributed by atoms with Gasteiger partial charge in [-0.15, -0.1) is 11.3 Å². The number of fused-ring (bicyclic) bond motifs is 1. The lowest BCUT2D eigenvalue weighted by Crippen LogP contribution is -2.18. The van der Waals surface area contributed by atoms with Crippen molar-refractivity contribution in [2.24, 2.45) is 0 Å². The number of aliphatic hydroxyl groups excluding tert-OH is 1. The van der Waals surface area contributed by atoms with Crippen molar-refractivity contribution in [2.45, 2.75) is 13.2 Å². The van der Waals surface area contributed by atoms with Crippen LogP contribution in [-0.4, -0.2) is 17.1 Å². The van der Waals surface area contributed by atoms with Crippen molar-refractivity contribution < 1.29 is 5.11 Å². The van der Waals surface area contributed by atoms with Crippen LogP contribution >= 0.6 is 27.3 Å². The number of aliphatic hydroxyl groups is 1. The lowest BCUT2D eigenvalue weighted by molar-refractivity contribution is 0.277. The van der Waals surface area contributed by atoms with Crippen LogP contribution in [0.25, 0.3) is 10.8 Å². The Hall–Kier alpha value is -1.43. The summed E-state index contributed by atoms with van der Waals surface area (Å²) in [5, 5.41) is 13.7. The highest BCUT2D eigenvalue weighted by Gasteiger charge is 2.11. The molecule has 3 rings (SSSR count). The van der Waals surface area contributed by atoms with Gasteiger partial charge in [0.15, 0.2) is 0 Å². The van der Waals surface area contributed by atoms with Crippen LogP contribution in [-0.2, 0) is 13.2 Å². The molecule has 21 heavy (non-hydrogen) atoms. The minimum absolute atomic E-state index is 0.0454. The zero-order valence-corrected chi connectivity index (χ0v) is 14.0. The zero-order chi connectivity index (χ0) is 14.8. The van der Waals surface area contributed by atoms with Gasteiger partial charge in [0.05, 0.1) is 18.8 Å². The van der Waals surface area contributed by atoms with Crippen molar-refractivity contribution in [3.05, 3.63) is 56.8 Å². The van der Waals surface area contributed by atoms with E-state index in [4.69, 9.17) is 0 Å². The Labute approximate surface area is 136 Å². The first-order valence-corrected chi connectivity index (χ1v) is 8.28. The Morgan fingerprint density at radius 1 is 1.29 bits per heavy atom. The summed E-state index contributed by atoms with van der Waals surface area (Å²) in [5.41, 5.74) is 0.697. The lowest BCUT2D eigenvalue weighted by atomic mass is 10.1. The molecule has 0 aliphatic rings. The second kappa shape index (κ2) is 6.13. The summed E-state index contributed by atoms with van der Waals surface area (Å²) in [5.74, 6) is 0.904. The molecule has 3 nitrogen and oxygen atoms in total. The molecule has 0 spiro atoms. The largest absolute Gasteiger partial charge is 0.390 e. The summed E-state index contributed by atoms with van der Waals surface area (Å²) in [6, 6.07) is 12.2. The normalized spacial score (nSPS) is 11.0. The van der Waals surface area contributed by atoms with E-state index in [9.17, 15) is 5.11 Å². The summed E-state index contributed by atoms with van der Waals surface area (Å²) < 4.78 is 1.11. The van der Waals surface area contributed by atoms with Crippen molar-refractivity contribution in [3.8, 4) is 0 Å². The number of halogens is 1. The molecular weight excluding hydrogens is 348 g/mol. The summed E-state index contributed by atoms with van der Waals surface area (Å²) in [7, 11) is 2.03. The van der Waals surface area contributed by atoms with Crippen LogP contribution in [0.1, 0.15) is 10.6 Å². The van der Waals surface area contributed by atoms with Crippen LogP contribution in [0.3, 0.4) is 0 Å². The van der Waals surface area contributed by atoms with Gasteiger partial charge < -0.3 is 10.0 Å². The quantitative estimate of drug-likeness (QED) is 0.755. The van der Waals surface area contributed by atoms with Crippen LogP contribution in [0.5, 0.6) is 0 Å². The fourth-order valence-corrected chi connectivity index (χ4v) is 3.86. The van der Waals surface area contributed by atoms with E-state index in [0.29, 0.717) is 5.69 Å². The predicted molar refractivity (Wildman–Crippen MR) is 91.8 cm³/mol. The highest BCUT2D eigenvalue weighted by atomic mass is 79.9. The molecule has 1 aromatic carbocycles. The van der Waals surface area contributed by atoms with E-state index >= 15 is 0 Å². The predicted octanol–water partition coefficient (Wildman–Crippen LogP) is 4.19. The van der Waals surface area contributed by atoms with Gasteiger partial charge in [-0.05, 0) is 33.4 Å². The van der Waals surface area contributed by atoms with E-state index in [-0.39, 0.29) is 6.61 Å². The van der Waals surface area contributed by atoms with Crippen LogP contribution in [0.15, 0.2) is 46.3 Å². The summed E-state index contributed by atoms with van der Waals surface area (Å²) in [4.78, 5) is 7.98. The third-order valence-corrected chi connectivity index (χ3v) is 4.99. The van der Waals surface area contributed by atoms with Gasteiger partial charge in [-0.2, -0.15) is 0 Å². The Bertz CT molecular complexity index is 772. The fourth-order valence-electron chi connectivity index (χ4n) is 2.35. The molecule has 0 amide bonds. The maximum Gasteiger partial charge on any atom is 0.136 e. The molecule has 5 heteroatoms. The minimum Gasteiger partial charge on any atom is -0.390 e. The van der Waals surface area contributed by atoms with Crippen molar-refractivity contribution in [1.29, 1.82) is 0 Å². The third kappa shape index (κ3) is 3.10. The Morgan fingerprint density at radius 3 is 2.81 bits per heavy atom. The lowest BCUT2D eigenvalue weighted by Gasteiger charge is -2.20. The van der Waals surface area contributed by atoms with Gasteiger partial charge in [0, 0.05) is 27.2 Å². The highest BCUT2D eigenvalue weighted by Crippen LogP contribution is 2.28. The van der Waals surface area contributed by atoms with Gasteiger partial charge in [0.1, 0.15) is 5.82 Å². The minimum atomic E-state index is -0.0454. The van der Waals surface area contributed by atoms with E-state index in [2.05, 4.69) is 49.4 Å². The average Bonchev–Trinajstić information content (AvgIpc) is 2.91. The molecule has 0 aliphatic carbocycles. The molecule has 0 fully saturated rings. The molecule has 0 saturated heterocycles. The van der Waals surface area contributed by atoms with Gasteiger partial charge in [0.25, 0.3) is 0 Å². The van der Waals surface area contributed by atoms with Gasteiger partial charge in [-0.1, -0.05) is 24.3 Å². The first kappa shape index (κ1) is 14.5. The number of rotatable bonds is 4. The molecule has 0 atom stereocenters. The molecular formula is C16H15BrN2OS. The Balaban J connectivity index is 2.01. The number of hydrogen-bond donors (Lipinski definition) is 1. The molecule has 0 saturated carbocycles. The molecule has 0 aliphatic heterocycles. The summed E-state index contributed by atoms with van der Waals surface area (Å²) >= 11 is 5.21. The molecule has 2 heterocycles. The number of anilines is 1. The van der Waals surface area contributed by atoms with Gasteiger partial charge in [0.2, 0.25) is 0 Å². The highest BCUT2D eigenvalue weighted by molar-refractivity contribution is 9.10.